The Kier molecular flexibility index (Phi) is 9.11. The minimum atomic E-state index is -1.03. The topological polar surface area (TPSA) is 100 Å². The second kappa shape index (κ2) is 12.2. The second-order valence-corrected chi connectivity index (χ2v) is 8.55. The predicted octanol–water partition coefficient (Wildman–Crippen LogP) is 3.07. The van der Waals surface area contributed by atoms with Crippen molar-refractivity contribution >= 4 is 29.2 Å². The molecule has 184 valence electrons. The number of nitrogens with one attached hydrogen (secondary N) is 2. The summed E-state index contributed by atoms with van der Waals surface area (Å²) in [7, 11) is 1.75. The highest BCUT2D eigenvalue weighted by Gasteiger charge is 2.22. The van der Waals surface area contributed by atoms with Gasteiger partial charge in [-0.3, -0.25) is 14.5 Å². The number of nitrogen functional groups attached to an aromatic ring is 1. The third-order valence-electron chi connectivity index (χ3n) is 5.20. The Balaban J connectivity index is 1.66. The molecular weight excluding hydrogens is 476 g/mol. The molecule has 0 aliphatic heterocycles. The minimum absolute atomic E-state index is 0.00529. The first kappa shape index (κ1) is 26.1. The Labute approximate surface area is 207 Å². The maximum absolute atomic E-state index is 13.7. The number of hydrogen-bond acceptors (Lipinski definition) is 5. The van der Waals surface area contributed by atoms with E-state index in [4.69, 9.17) is 17.3 Å². The molecular formula is C25H26ClF2N5O2. The summed E-state index contributed by atoms with van der Waals surface area (Å²) < 4.78 is 27.0. The van der Waals surface area contributed by atoms with E-state index in [9.17, 15) is 18.4 Å². The molecule has 0 aliphatic rings. The van der Waals surface area contributed by atoms with Gasteiger partial charge in [-0.05, 0) is 48.0 Å². The van der Waals surface area contributed by atoms with Crippen LogP contribution in [-0.2, 0) is 29.1 Å². The summed E-state index contributed by atoms with van der Waals surface area (Å²) in [5.41, 5.74) is 7.51. The standard InChI is InChI=1S/C25H26ClF2N5O2/c1-33(14-18-4-2-3-5-19(18)26)15-24(34)32-22(11-16-6-8-20(27)21(28)10-16)25(35)31-13-17-7-9-23(29)30-12-17/h2-10,12,22H,11,13-15H2,1H3,(H2,29,30)(H,31,35)(H,32,34)/t22-/m0/s1. The molecule has 0 saturated carbocycles. The van der Waals surface area contributed by atoms with Crippen molar-refractivity contribution in [3.8, 4) is 0 Å². The fraction of sp³-hybridized carbons (Fsp3) is 0.240. The van der Waals surface area contributed by atoms with Crippen LogP contribution in [0.5, 0.6) is 0 Å². The van der Waals surface area contributed by atoms with Crippen LogP contribution in [0.1, 0.15) is 16.7 Å². The first-order valence-electron chi connectivity index (χ1n) is 10.8. The van der Waals surface area contributed by atoms with Gasteiger partial charge in [0.2, 0.25) is 11.8 Å². The molecule has 35 heavy (non-hydrogen) atoms. The number of amides is 2. The Morgan fingerprint density at radius 2 is 1.83 bits per heavy atom. The first-order valence-corrected chi connectivity index (χ1v) is 11.2. The van der Waals surface area contributed by atoms with E-state index in [1.807, 2.05) is 18.2 Å². The van der Waals surface area contributed by atoms with Crippen LogP contribution in [0.3, 0.4) is 0 Å². The van der Waals surface area contributed by atoms with Crippen LogP contribution >= 0.6 is 11.6 Å². The number of anilines is 1. The predicted molar refractivity (Wildman–Crippen MR) is 130 cm³/mol. The largest absolute Gasteiger partial charge is 0.384 e. The smallest absolute Gasteiger partial charge is 0.243 e. The molecule has 3 aromatic rings. The molecule has 1 heterocycles. The molecule has 10 heteroatoms. The summed E-state index contributed by atoms with van der Waals surface area (Å²) >= 11 is 6.19. The summed E-state index contributed by atoms with van der Waals surface area (Å²) in [5, 5.41) is 6.03. The number of nitrogens with zero attached hydrogens (tertiary/aromatic N) is 2. The summed E-state index contributed by atoms with van der Waals surface area (Å²) in [6.07, 6.45) is 1.51. The molecule has 2 amide bonds. The van der Waals surface area contributed by atoms with Crippen molar-refractivity contribution in [3.05, 3.63) is 94.1 Å². The molecule has 2 aromatic carbocycles. The molecule has 4 N–H and O–H groups in total. The zero-order chi connectivity index (χ0) is 25.4. The second-order valence-electron chi connectivity index (χ2n) is 8.15. The van der Waals surface area contributed by atoms with Crippen LogP contribution < -0.4 is 16.4 Å². The average Bonchev–Trinajstić information content (AvgIpc) is 2.82. The lowest BCUT2D eigenvalue weighted by atomic mass is 10.0. The Morgan fingerprint density at radius 1 is 1.09 bits per heavy atom. The maximum atomic E-state index is 13.7. The molecule has 0 unspecified atom stereocenters. The number of carbonyl (C=O) groups excluding carboxylic acids is 2. The molecule has 0 radical (unpaired) electrons. The van der Waals surface area contributed by atoms with Gasteiger partial charge in [-0.15, -0.1) is 0 Å². The number of aromatic nitrogens is 1. The lowest BCUT2D eigenvalue weighted by Crippen LogP contribution is -2.50. The molecule has 1 aromatic heterocycles. The molecule has 3 rings (SSSR count). The number of carbonyl (C=O) groups is 2. The molecule has 1 atom stereocenters. The van der Waals surface area contributed by atoms with Crippen molar-refractivity contribution in [3.63, 3.8) is 0 Å². The van der Waals surface area contributed by atoms with Gasteiger partial charge in [0.15, 0.2) is 11.6 Å². The van der Waals surface area contributed by atoms with Crippen LogP contribution in [0.2, 0.25) is 5.02 Å². The van der Waals surface area contributed by atoms with Gasteiger partial charge in [0, 0.05) is 30.7 Å². The normalized spacial score (nSPS) is 11.8. The Morgan fingerprint density at radius 3 is 2.51 bits per heavy atom. The lowest BCUT2D eigenvalue weighted by molar-refractivity contribution is -0.129. The van der Waals surface area contributed by atoms with Crippen molar-refractivity contribution in [2.24, 2.45) is 0 Å². The lowest BCUT2D eigenvalue weighted by Gasteiger charge is -2.22. The van der Waals surface area contributed by atoms with Crippen molar-refractivity contribution in [1.29, 1.82) is 0 Å². The van der Waals surface area contributed by atoms with Crippen molar-refractivity contribution in [1.82, 2.24) is 20.5 Å². The fourth-order valence-corrected chi connectivity index (χ4v) is 3.62. The van der Waals surface area contributed by atoms with E-state index < -0.39 is 29.5 Å². The monoisotopic (exact) mass is 501 g/mol. The van der Waals surface area contributed by atoms with E-state index >= 15 is 0 Å². The van der Waals surface area contributed by atoms with Gasteiger partial charge in [-0.2, -0.15) is 0 Å². The quantitative estimate of drug-likeness (QED) is 0.396. The van der Waals surface area contributed by atoms with E-state index in [0.29, 0.717) is 28.5 Å². The zero-order valence-corrected chi connectivity index (χ0v) is 19.9. The van der Waals surface area contributed by atoms with E-state index in [0.717, 1.165) is 17.7 Å². The molecule has 0 fully saturated rings. The van der Waals surface area contributed by atoms with Crippen LogP contribution in [0.25, 0.3) is 0 Å². The third kappa shape index (κ3) is 8.01. The van der Waals surface area contributed by atoms with Gasteiger partial charge in [0.25, 0.3) is 0 Å². The highest BCUT2D eigenvalue weighted by molar-refractivity contribution is 6.31. The van der Waals surface area contributed by atoms with Gasteiger partial charge in [0.1, 0.15) is 11.9 Å². The Hall–Kier alpha value is -3.56. The van der Waals surface area contributed by atoms with Crippen LogP contribution in [0.15, 0.2) is 60.8 Å². The van der Waals surface area contributed by atoms with Gasteiger partial charge < -0.3 is 16.4 Å². The van der Waals surface area contributed by atoms with Crippen LogP contribution in [0, 0.1) is 11.6 Å². The summed E-state index contributed by atoms with van der Waals surface area (Å²) in [5.74, 6) is -2.55. The number of likely N-dealkylation sites (N-methyl/N-ethyl adjacent to an activating group) is 1. The van der Waals surface area contributed by atoms with E-state index in [2.05, 4.69) is 15.6 Å². The summed E-state index contributed by atoms with van der Waals surface area (Å²) in [4.78, 5) is 31.4. The highest BCUT2D eigenvalue weighted by Crippen LogP contribution is 2.16. The maximum Gasteiger partial charge on any atom is 0.243 e. The third-order valence-corrected chi connectivity index (χ3v) is 5.57. The van der Waals surface area contributed by atoms with Crippen molar-refractivity contribution in [2.45, 2.75) is 25.6 Å². The van der Waals surface area contributed by atoms with Gasteiger partial charge >= 0.3 is 0 Å². The summed E-state index contributed by atoms with van der Waals surface area (Å²) in [6, 6.07) is 13.0. The number of pyridine rings is 1. The van der Waals surface area contributed by atoms with Crippen molar-refractivity contribution < 1.29 is 18.4 Å². The van der Waals surface area contributed by atoms with E-state index in [1.165, 1.54) is 12.3 Å². The van der Waals surface area contributed by atoms with Gasteiger partial charge in [-0.25, -0.2) is 13.8 Å². The Bertz CT molecular complexity index is 1180. The number of halogens is 3. The van der Waals surface area contributed by atoms with Gasteiger partial charge in [-0.1, -0.05) is 41.9 Å². The SMILES string of the molecule is CN(CC(=O)N[C@@H](Cc1ccc(F)c(F)c1)C(=O)NCc1ccc(N)nc1)Cc1ccccc1Cl. The number of benzene rings is 2. The molecule has 0 saturated heterocycles. The number of nitrogens with two attached hydrogens (primary N) is 1. The average molecular weight is 502 g/mol. The first-order chi connectivity index (χ1) is 16.7. The molecule has 7 nitrogen and oxygen atoms in total. The number of rotatable bonds is 10. The van der Waals surface area contributed by atoms with E-state index in [-0.39, 0.29) is 19.5 Å². The molecule has 0 spiro atoms. The van der Waals surface area contributed by atoms with Crippen LogP contribution in [-0.4, -0.2) is 41.3 Å². The van der Waals surface area contributed by atoms with E-state index in [1.54, 1.807) is 30.1 Å². The fourth-order valence-electron chi connectivity index (χ4n) is 3.42. The molecule has 0 aliphatic carbocycles. The van der Waals surface area contributed by atoms with Gasteiger partial charge in [0.05, 0.1) is 6.54 Å². The van der Waals surface area contributed by atoms with Crippen molar-refractivity contribution in [2.75, 3.05) is 19.3 Å². The molecule has 0 bridgehead atoms. The minimum Gasteiger partial charge on any atom is -0.384 e. The number of hydrogen-bond donors (Lipinski definition) is 3. The van der Waals surface area contributed by atoms with Crippen LogP contribution in [0.4, 0.5) is 14.6 Å². The highest BCUT2D eigenvalue weighted by atomic mass is 35.5. The zero-order valence-electron chi connectivity index (χ0n) is 19.1. The summed E-state index contributed by atoms with van der Waals surface area (Å²) in [6.45, 7) is 0.578.